The molecule has 0 atom stereocenters. The van der Waals surface area contributed by atoms with Gasteiger partial charge >= 0.3 is 0 Å². The first-order valence-electron chi connectivity index (χ1n) is 5.43. The molecule has 2 rings (SSSR count). The van der Waals surface area contributed by atoms with E-state index in [1.807, 2.05) is 0 Å². The van der Waals surface area contributed by atoms with Crippen LogP contribution in [-0.4, -0.2) is 0 Å². The molecule has 6 heteroatoms. The van der Waals surface area contributed by atoms with Gasteiger partial charge in [-0.2, -0.15) is 0 Å². The van der Waals surface area contributed by atoms with E-state index in [9.17, 15) is 0 Å². The summed E-state index contributed by atoms with van der Waals surface area (Å²) in [5.74, 6) is 0. The zero-order valence-electron chi connectivity index (χ0n) is 9.87. The van der Waals surface area contributed by atoms with Gasteiger partial charge in [-0.3, -0.25) is 0 Å². The predicted octanol–water partition coefficient (Wildman–Crippen LogP) is 6.99. The van der Waals surface area contributed by atoms with Crippen molar-refractivity contribution in [1.29, 1.82) is 0 Å². The predicted molar refractivity (Wildman–Crippen MR) is 97.7 cm³/mol. The Kier molecular flexibility index (Phi) is 5.63. The number of hydrogen-bond acceptors (Lipinski definition) is 2. The summed E-state index contributed by atoms with van der Waals surface area (Å²) in [7, 11) is 0. The van der Waals surface area contributed by atoms with Gasteiger partial charge in [0.25, 0.3) is 0 Å². The van der Waals surface area contributed by atoms with Crippen molar-refractivity contribution in [2.24, 2.45) is 0 Å². The van der Waals surface area contributed by atoms with E-state index in [4.69, 9.17) is 46.4 Å². The summed E-state index contributed by atoms with van der Waals surface area (Å²) in [5, 5.41) is 2.12. The zero-order chi connectivity index (χ0) is 14.9. The Hall–Kier alpha value is 0.0400. The lowest BCUT2D eigenvalue weighted by molar-refractivity contribution is 1.63. The first kappa shape index (κ1) is 16.4. The molecule has 2 aromatic carbocycles. The fourth-order valence-electron chi connectivity index (χ4n) is 1.62. The van der Waals surface area contributed by atoms with Crippen LogP contribution in [0.3, 0.4) is 0 Å². The van der Waals surface area contributed by atoms with Gasteiger partial charge in [-0.15, -0.1) is 25.3 Å². The molecular weight excluding hydrogens is 374 g/mol. The molecule has 0 aromatic heterocycles. The van der Waals surface area contributed by atoms with E-state index in [2.05, 4.69) is 25.3 Å². The van der Waals surface area contributed by atoms with Crippen molar-refractivity contribution in [3.05, 3.63) is 67.6 Å². The van der Waals surface area contributed by atoms with Gasteiger partial charge in [-0.25, -0.2) is 0 Å². The average molecular weight is 382 g/mol. The van der Waals surface area contributed by atoms with E-state index in [0.29, 0.717) is 29.9 Å². The first-order valence-corrected chi connectivity index (χ1v) is 7.84. The van der Waals surface area contributed by atoms with Crippen molar-refractivity contribution in [3.63, 3.8) is 0 Å². The summed E-state index contributed by atoms with van der Waals surface area (Å²) >= 11 is 33.1. The van der Waals surface area contributed by atoms with Gasteiger partial charge < -0.3 is 0 Å². The van der Waals surface area contributed by atoms with E-state index in [0.717, 1.165) is 11.1 Å². The summed E-state index contributed by atoms with van der Waals surface area (Å²) in [6, 6.07) is 10.4. The number of rotatable bonds is 2. The molecule has 0 aliphatic heterocycles. The van der Waals surface area contributed by atoms with Crippen LogP contribution in [0, 0.1) is 0 Å². The van der Waals surface area contributed by atoms with Crippen LogP contribution in [0.4, 0.5) is 0 Å². The third-order valence-corrected chi connectivity index (χ3v) is 4.80. The fourth-order valence-corrected chi connectivity index (χ4v) is 3.39. The third-order valence-electron chi connectivity index (χ3n) is 2.60. The minimum absolute atomic E-state index is 0.499. The summed E-state index contributed by atoms with van der Waals surface area (Å²) in [5.41, 5.74) is 1.46. The van der Waals surface area contributed by atoms with Crippen molar-refractivity contribution < 1.29 is 0 Å². The van der Waals surface area contributed by atoms with Gasteiger partial charge in [0.1, 0.15) is 0 Å². The smallest absolute Gasteiger partial charge is 0.0504 e. The molecule has 0 radical (unpaired) electrons. The molecule has 0 nitrogen and oxygen atoms in total. The van der Waals surface area contributed by atoms with Crippen molar-refractivity contribution in [1.82, 2.24) is 0 Å². The van der Waals surface area contributed by atoms with Gasteiger partial charge in [-0.1, -0.05) is 58.5 Å². The monoisotopic (exact) mass is 380 g/mol. The number of halogens is 4. The van der Waals surface area contributed by atoms with Crippen molar-refractivity contribution >= 4 is 81.5 Å². The minimum Gasteiger partial charge on any atom is -0.142 e. The molecule has 0 spiro atoms. The maximum Gasteiger partial charge on any atom is 0.0504 e. The highest BCUT2D eigenvalue weighted by Gasteiger charge is 2.12. The van der Waals surface area contributed by atoms with E-state index < -0.39 is 0 Å². The molecule has 104 valence electrons. The normalized spacial score (nSPS) is 12.3. The molecule has 0 N–H and O–H groups in total. The summed E-state index contributed by atoms with van der Waals surface area (Å²) in [6.07, 6.45) is 0. The van der Waals surface area contributed by atoms with Crippen molar-refractivity contribution in [2.75, 3.05) is 0 Å². The van der Waals surface area contributed by atoms with E-state index in [1.54, 1.807) is 36.4 Å². The molecule has 0 saturated carbocycles. The topological polar surface area (TPSA) is 0 Å². The maximum atomic E-state index is 6.17. The number of benzene rings is 2. The molecule has 0 aliphatic carbocycles. The Bertz CT molecular complexity index is 636. The van der Waals surface area contributed by atoms with E-state index in [-0.39, 0.29) is 0 Å². The number of hydrogen-bond donors (Lipinski definition) is 2. The Morgan fingerprint density at radius 2 is 1.00 bits per heavy atom. The first-order chi connectivity index (χ1) is 9.40. The summed E-state index contributed by atoms with van der Waals surface area (Å²) < 4.78 is 0. The van der Waals surface area contributed by atoms with Crippen molar-refractivity contribution in [3.8, 4) is 0 Å². The number of thiol groups is 2. The molecule has 0 unspecified atom stereocenters. The molecule has 0 saturated heterocycles. The van der Waals surface area contributed by atoms with E-state index in [1.165, 1.54) is 0 Å². The Morgan fingerprint density at radius 3 is 1.30 bits per heavy atom. The Balaban J connectivity index is 2.55. The molecule has 20 heavy (non-hydrogen) atoms. The van der Waals surface area contributed by atoms with Crippen LogP contribution in [0.5, 0.6) is 0 Å². The second-order valence-electron chi connectivity index (χ2n) is 3.95. The van der Waals surface area contributed by atoms with Gasteiger partial charge in [0.15, 0.2) is 0 Å². The Morgan fingerprint density at radius 1 is 0.650 bits per heavy atom. The lowest BCUT2D eigenvalue weighted by Gasteiger charge is -2.10. The van der Waals surface area contributed by atoms with Crippen molar-refractivity contribution in [2.45, 2.75) is 0 Å². The largest absolute Gasteiger partial charge is 0.142 e. The van der Waals surface area contributed by atoms with Crippen LogP contribution < -0.4 is 0 Å². The van der Waals surface area contributed by atoms with Gasteiger partial charge in [0, 0.05) is 31.0 Å². The average Bonchev–Trinajstić information content (AvgIpc) is 2.37. The molecule has 2 aromatic rings. The van der Waals surface area contributed by atoms with Crippen LogP contribution in [-0.2, 0) is 0 Å². The standard InChI is InChI=1S/C14H8Cl4S2/c15-7-1-3-9(11(17)5-7)13(19)14(20)10-4-2-8(16)6-12(10)18/h1-6,19-20H/b14-13-. The van der Waals surface area contributed by atoms with E-state index >= 15 is 0 Å². The minimum atomic E-state index is 0.499. The van der Waals surface area contributed by atoms with Crippen LogP contribution >= 0.6 is 71.7 Å². The molecule has 0 amide bonds. The quantitative estimate of drug-likeness (QED) is 0.406. The fraction of sp³-hybridized carbons (Fsp3) is 0. The van der Waals surface area contributed by atoms with Crippen LogP contribution in [0.15, 0.2) is 36.4 Å². The van der Waals surface area contributed by atoms with Gasteiger partial charge in [0.05, 0.1) is 10.0 Å². The highest BCUT2D eigenvalue weighted by atomic mass is 35.5. The summed E-state index contributed by atoms with van der Waals surface area (Å²) in [6.45, 7) is 0. The van der Waals surface area contributed by atoms with Gasteiger partial charge in [0.2, 0.25) is 0 Å². The SMILES string of the molecule is S/C(=C(\S)c1ccc(Cl)cc1Cl)c1ccc(Cl)cc1Cl. The summed E-state index contributed by atoms with van der Waals surface area (Å²) in [4.78, 5) is 1.22. The third kappa shape index (κ3) is 3.62. The highest BCUT2D eigenvalue weighted by Crippen LogP contribution is 2.39. The molecular formula is C14H8Cl4S2. The zero-order valence-corrected chi connectivity index (χ0v) is 14.7. The Labute approximate surface area is 148 Å². The lowest BCUT2D eigenvalue weighted by atomic mass is 10.1. The molecule has 0 bridgehead atoms. The molecule has 0 aliphatic rings. The second-order valence-corrected chi connectivity index (χ2v) is 6.53. The lowest BCUT2D eigenvalue weighted by Crippen LogP contribution is -1.86. The molecule has 0 fully saturated rings. The van der Waals surface area contributed by atoms with Crippen LogP contribution in [0.2, 0.25) is 20.1 Å². The van der Waals surface area contributed by atoms with Gasteiger partial charge in [-0.05, 0) is 24.3 Å². The van der Waals surface area contributed by atoms with Crippen LogP contribution in [0.25, 0.3) is 9.81 Å². The highest BCUT2D eigenvalue weighted by molar-refractivity contribution is 7.96. The molecule has 0 heterocycles. The second kappa shape index (κ2) is 6.87. The maximum absolute atomic E-state index is 6.17. The van der Waals surface area contributed by atoms with Crippen LogP contribution in [0.1, 0.15) is 11.1 Å².